The van der Waals surface area contributed by atoms with Crippen LogP contribution in [0, 0.1) is 0 Å². The van der Waals surface area contributed by atoms with Gasteiger partial charge in [0.25, 0.3) is 5.91 Å². The lowest BCUT2D eigenvalue weighted by atomic mass is 10.2. The molecule has 1 amide bonds. The summed E-state index contributed by atoms with van der Waals surface area (Å²) in [5, 5.41) is 7.53. The summed E-state index contributed by atoms with van der Waals surface area (Å²) in [5.74, 6) is 0.0376. The van der Waals surface area contributed by atoms with E-state index in [9.17, 15) is 4.79 Å². The van der Waals surface area contributed by atoms with Gasteiger partial charge in [-0.25, -0.2) is 4.98 Å². The number of thiazole rings is 1. The van der Waals surface area contributed by atoms with Gasteiger partial charge < -0.3 is 9.73 Å². The number of furan rings is 1. The van der Waals surface area contributed by atoms with E-state index in [4.69, 9.17) is 63.0 Å². The first kappa shape index (κ1) is 21.4. The number of carbonyl (C=O) groups excluding carboxylic acids is 1. The van der Waals surface area contributed by atoms with Gasteiger partial charge in [-0.15, -0.1) is 0 Å². The van der Waals surface area contributed by atoms with Gasteiger partial charge in [-0.2, -0.15) is 0 Å². The van der Waals surface area contributed by atoms with Crippen LogP contribution in [-0.4, -0.2) is 16.0 Å². The van der Waals surface area contributed by atoms with Crippen LogP contribution in [0.4, 0.5) is 5.13 Å². The number of anilines is 1. The first-order valence-electron chi connectivity index (χ1n) is 8.24. The minimum Gasteiger partial charge on any atom is -0.451 e. The summed E-state index contributed by atoms with van der Waals surface area (Å²) in [6, 6.07) is 11.7. The van der Waals surface area contributed by atoms with Crippen LogP contribution >= 0.6 is 70.0 Å². The average Bonchev–Trinajstić information content (AvgIpc) is 3.34. The molecule has 2 aromatic carbocycles. The van der Waals surface area contributed by atoms with E-state index in [1.165, 1.54) is 17.4 Å². The molecule has 0 spiro atoms. The number of carbonyl (C=O) groups is 1. The van der Waals surface area contributed by atoms with Crippen molar-refractivity contribution < 1.29 is 9.21 Å². The first-order valence-corrected chi connectivity index (χ1v) is 11.0. The van der Waals surface area contributed by atoms with Crippen molar-refractivity contribution in [2.45, 2.75) is 0 Å². The molecule has 0 unspecified atom stereocenters. The van der Waals surface area contributed by atoms with Crippen molar-refractivity contribution in [1.82, 2.24) is 10.3 Å². The lowest BCUT2D eigenvalue weighted by molar-refractivity contribution is 0.0951. The molecule has 2 N–H and O–H groups in total. The maximum atomic E-state index is 12.4. The molecule has 0 aliphatic rings. The van der Waals surface area contributed by atoms with Crippen LogP contribution in [-0.2, 0) is 0 Å². The Morgan fingerprint density at radius 3 is 2.53 bits per heavy atom. The Kier molecular flexibility index (Phi) is 6.20. The van der Waals surface area contributed by atoms with Crippen LogP contribution in [0.2, 0.25) is 20.1 Å². The molecule has 30 heavy (non-hydrogen) atoms. The molecule has 4 rings (SSSR count). The van der Waals surface area contributed by atoms with E-state index in [0.29, 0.717) is 42.1 Å². The quantitative estimate of drug-likeness (QED) is 0.279. The summed E-state index contributed by atoms with van der Waals surface area (Å²) in [6.07, 6.45) is 0. The highest BCUT2D eigenvalue weighted by molar-refractivity contribution is 7.80. The number of benzene rings is 2. The van der Waals surface area contributed by atoms with Crippen LogP contribution in [0.25, 0.3) is 21.5 Å². The smallest absolute Gasteiger partial charge is 0.293 e. The third kappa shape index (κ3) is 4.42. The molecule has 2 heterocycles. The number of fused-ring (bicyclic) bond motifs is 1. The predicted molar refractivity (Wildman–Crippen MR) is 127 cm³/mol. The highest BCUT2D eigenvalue weighted by atomic mass is 35.5. The SMILES string of the molecule is O=C(NC(=S)Nc1nc2c(Cl)c(Cl)ccc2s1)c1ccc(-c2ccc(Cl)c(Cl)c2)o1. The summed E-state index contributed by atoms with van der Waals surface area (Å²) in [6.45, 7) is 0. The Balaban J connectivity index is 1.45. The lowest BCUT2D eigenvalue weighted by Crippen LogP contribution is -2.33. The number of halogens is 4. The van der Waals surface area contributed by atoms with Crippen molar-refractivity contribution in [3.63, 3.8) is 0 Å². The second-order valence-corrected chi connectivity index (χ2v) is 8.97. The number of amides is 1. The van der Waals surface area contributed by atoms with E-state index < -0.39 is 5.91 Å². The number of hydrogen-bond donors (Lipinski definition) is 2. The molecule has 11 heteroatoms. The van der Waals surface area contributed by atoms with Gasteiger partial charge in [0.2, 0.25) is 0 Å². The molecule has 0 saturated carbocycles. The molecule has 0 aliphatic carbocycles. The van der Waals surface area contributed by atoms with Gasteiger partial charge >= 0.3 is 0 Å². The number of nitrogens with one attached hydrogen (secondary N) is 2. The average molecular weight is 517 g/mol. The Morgan fingerprint density at radius 1 is 1.00 bits per heavy atom. The van der Waals surface area contributed by atoms with Crippen molar-refractivity contribution in [2.24, 2.45) is 0 Å². The highest BCUT2D eigenvalue weighted by Gasteiger charge is 2.16. The lowest BCUT2D eigenvalue weighted by Gasteiger charge is -2.05. The first-order chi connectivity index (χ1) is 14.3. The molecular formula is C19H9Cl4N3O2S2. The van der Waals surface area contributed by atoms with Crippen molar-refractivity contribution in [3.05, 3.63) is 68.3 Å². The second kappa shape index (κ2) is 8.70. The molecule has 0 atom stereocenters. The normalized spacial score (nSPS) is 10.9. The zero-order chi connectivity index (χ0) is 21.4. The predicted octanol–water partition coefficient (Wildman–Crippen LogP) is 7.30. The second-order valence-electron chi connectivity index (χ2n) is 5.93. The van der Waals surface area contributed by atoms with Crippen LogP contribution in [0.3, 0.4) is 0 Å². The van der Waals surface area contributed by atoms with Crippen LogP contribution in [0.5, 0.6) is 0 Å². The van der Waals surface area contributed by atoms with Crippen molar-refractivity contribution in [3.8, 4) is 11.3 Å². The summed E-state index contributed by atoms with van der Waals surface area (Å²) in [4.78, 5) is 16.8. The molecule has 2 aromatic heterocycles. The third-order valence-electron chi connectivity index (χ3n) is 3.93. The van der Waals surface area contributed by atoms with Crippen LogP contribution in [0.15, 0.2) is 46.9 Å². The summed E-state index contributed by atoms with van der Waals surface area (Å²) < 4.78 is 6.44. The molecule has 4 aromatic rings. The van der Waals surface area contributed by atoms with Crippen molar-refractivity contribution >= 4 is 96.3 Å². The zero-order valence-electron chi connectivity index (χ0n) is 14.6. The van der Waals surface area contributed by atoms with E-state index in [-0.39, 0.29) is 10.9 Å². The monoisotopic (exact) mass is 515 g/mol. The Morgan fingerprint density at radius 2 is 1.77 bits per heavy atom. The number of nitrogens with zero attached hydrogens (tertiary/aromatic N) is 1. The molecule has 0 radical (unpaired) electrons. The number of aromatic nitrogens is 1. The largest absolute Gasteiger partial charge is 0.451 e. The molecule has 0 aliphatic heterocycles. The molecule has 0 fully saturated rings. The van der Waals surface area contributed by atoms with Gasteiger partial charge in [-0.3, -0.25) is 10.1 Å². The molecule has 0 bridgehead atoms. The topological polar surface area (TPSA) is 67.2 Å². The number of thiocarbonyl (C=S) groups is 1. The summed E-state index contributed by atoms with van der Waals surface area (Å²) in [7, 11) is 0. The van der Waals surface area contributed by atoms with Gasteiger partial charge in [0.05, 0.1) is 24.8 Å². The van der Waals surface area contributed by atoms with Gasteiger partial charge in [0, 0.05) is 5.56 Å². The number of hydrogen-bond acceptors (Lipinski definition) is 5. The fraction of sp³-hybridized carbons (Fsp3) is 0. The van der Waals surface area contributed by atoms with E-state index in [2.05, 4.69) is 15.6 Å². The fourth-order valence-corrected chi connectivity index (χ4v) is 4.39. The van der Waals surface area contributed by atoms with Gasteiger partial charge in [0.1, 0.15) is 11.3 Å². The number of rotatable bonds is 3. The standard InChI is InChI=1S/C19H9Cl4N3O2S2/c20-9-2-1-8(7-11(9)22)12-4-5-13(28-12)17(27)25-18(29)26-19-24-16-14(30-19)6-3-10(21)15(16)23/h1-7H,(H2,24,25,26,27,29). The molecule has 152 valence electrons. The Labute approximate surface area is 199 Å². The molecule has 0 saturated heterocycles. The van der Waals surface area contributed by atoms with Gasteiger partial charge in [0.15, 0.2) is 16.0 Å². The van der Waals surface area contributed by atoms with E-state index in [1.807, 2.05) is 0 Å². The molecular weight excluding hydrogens is 508 g/mol. The maximum absolute atomic E-state index is 12.4. The summed E-state index contributed by atoms with van der Waals surface area (Å²) in [5.41, 5.74) is 1.25. The highest BCUT2D eigenvalue weighted by Crippen LogP contribution is 2.35. The maximum Gasteiger partial charge on any atom is 0.293 e. The summed E-state index contributed by atoms with van der Waals surface area (Å²) >= 11 is 30.6. The minimum atomic E-state index is -0.513. The van der Waals surface area contributed by atoms with Gasteiger partial charge in [-0.05, 0) is 54.7 Å². The van der Waals surface area contributed by atoms with E-state index in [1.54, 1.807) is 36.4 Å². The van der Waals surface area contributed by atoms with Gasteiger partial charge in [-0.1, -0.05) is 57.7 Å². The fourth-order valence-electron chi connectivity index (χ4n) is 2.55. The van der Waals surface area contributed by atoms with Crippen molar-refractivity contribution in [1.29, 1.82) is 0 Å². The van der Waals surface area contributed by atoms with E-state index >= 15 is 0 Å². The Bertz CT molecular complexity index is 1300. The van der Waals surface area contributed by atoms with E-state index in [0.717, 1.165) is 4.70 Å². The molecule has 5 nitrogen and oxygen atoms in total. The van der Waals surface area contributed by atoms with Crippen LogP contribution in [0.1, 0.15) is 10.6 Å². The van der Waals surface area contributed by atoms with Crippen LogP contribution < -0.4 is 10.6 Å². The minimum absolute atomic E-state index is 0.0637. The third-order valence-corrected chi connectivity index (χ3v) is 6.61. The Hall–Kier alpha value is -1.87. The van der Waals surface area contributed by atoms with Crippen molar-refractivity contribution in [2.75, 3.05) is 5.32 Å². The zero-order valence-corrected chi connectivity index (χ0v) is 19.3.